The van der Waals surface area contributed by atoms with Crippen LogP contribution in [-0.4, -0.2) is 54.5 Å². The Balaban J connectivity index is 1.59. The lowest BCUT2D eigenvalue weighted by Crippen LogP contribution is -2.38. The van der Waals surface area contributed by atoms with Gasteiger partial charge in [-0.2, -0.15) is 5.10 Å². The molecule has 7 heteroatoms. The van der Waals surface area contributed by atoms with E-state index in [9.17, 15) is 4.79 Å². The number of para-hydroxylation sites is 1. The Morgan fingerprint density at radius 3 is 2.74 bits per heavy atom. The van der Waals surface area contributed by atoms with Gasteiger partial charge in [-0.05, 0) is 18.6 Å². The van der Waals surface area contributed by atoms with Gasteiger partial charge in [-0.25, -0.2) is 5.10 Å². The maximum absolute atomic E-state index is 11.3. The average Bonchev–Trinajstić information content (AvgIpc) is 3.01. The van der Waals surface area contributed by atoms with Crippen LogP contribution in [0.5, 0.6) is 0 Å². The molecule has 1 aliphatic heterocycles. The molecule has 1 saturated heterocycles. The van der Waals surface area contributed by atoms with E-state index in [2.05, 4.69) is 32.1 Å². The molecule has 0 radical (unpaired) electrons. The first-order chi connectivity index (χ1) is 11.3. The Hall–Kier alpha value is -1.70. The van der Waals surface area contributed by atoms with Gasteiger partial charge in [0.25, 0.3) is 0 Å². The van der Waals surface area contributed by atoms with Crippen molar-refractivity contribution in [3.63, 3.8) is 0 Å². The average molecular weight is 334 g/mol. The lowest BCUT2D eigenvalue weighted by atomic mass is 10.2. The molecule has 0 aliphatic carbocycles. The maximum atomic E-state index is 11.3. The fourth-order valence-electron chi connectivity index (χ4n) is 2.74. The summed E-state index contributed by atoms with van der Waals surface area (Å²) in [6.07, 6.45) is 1.08. The Labute approximate surface area is 139 Å². The van der Waals surface area contributed by atoms with Crippen molar-refractivity contribution in [2.75, 3.05) is 44.3 Å². The molecule has 2 aromatic rings. The normalized spacial score (nSPS) is 15.7. The topological polar surface area (TPSA) is 61.5 Å². The van der Waals surface area contributed by atoms with Crippen LogP contribution >= 0.6 is 11.3 Å². The first-order valence-corrected chi connectivity index (χ1v) is 8.77. The summed E-state index contributed by atoms with van der Waals surface area (Å²) in [4.78, 5) is 15.9. The Morgan fingerprint density at radius 1 is 1.26 bits per heavy atom. The lowest BCUT2D eigenvalue weighted by Gasteiger charge is -2.29. The molecule has 1 aromatic heterocycles. The van der Waals surface area contributed by atoms with Gasteiger partial charge in [0.15, 0.2) is 0 Å². The van der Waals surface area contributed by atoms with Crippen LogP contribution in [0, 0.1) is 0 Å². The third-order valence-corrected chi connectivity index (χ3v) is 4.67. The summed E-state index contributed by atoms with van der Waals surface area (Å²) in [7, 11) is 0. The van der Waals surface area contributed by atoms with Gasteiger partial charge >= 0.3 is 4.87 Å². The van der Waals surface area contributed by atoms with Crippen LogP contribution in [0.25, 0.3) is 0 Å². The van der Waals surface area contributed by atoms with E-state index in [1.165, 1.54) is 11.3 Å². The van der Waals surface area contributed by atoms with Crippen molar-refractivity contribution in [2.45, 2.75) is 13.0 Å². The van der Waals surface area contributed by atoms with E-state index in [1.807, 2.05) is 18.2 Å². The van der Waals surface area contributed by atoms with E-state index >= 15 is 0 Å². The minimum atomic E-state index is -0.0960. The number of ether oxygens (including phenoxy) is 1. The number of hydrogen-bond donors (Lipinski definition) is 1. The molecule has 2 heterocycles. The second-order valence-corrected chi connectivity index (χ2v) is 6.62. The summed E-state index contributed by atoms with van der Waals surface area (Å²) in [6, 6.07) is 10.3. The number of morpholine rings is 1. The molecule has 3 rings (SSSR count). The lowest BCUT2D eigenvalue weighted by molar-refractivity contribution is 0.0376. The Morgan fingerprint density at radius 2 is 2.04 bits per heavy atom. The van der Waals surface area contributed by atoms with Crippen LogP contribution in [0.15, 0.2) is 35.1 Å². The van der Waals surface area contributed by atoms with Crippen LogP contribution in [0.2, 0.25) is 0 Å². The van der Waals surface area contributed by atoms with Crippen LogP contribution in [-0.2, 0) is 11.3 Å². The zero-order valence-electron chi connectivity index (χ0n) is 13.1. The Kier molecular flexibility index (Phi) is 5.79. The zero-order valence-corrected chi connectivity index (χ0v) is 13.9. The highest BCUT2D eigenvalue weighted by atomic mass is 32.1. The van der Waals surface area contributed by atoms with E-state index in [0.717, 1.165) is 56.5 Å². The number of H-pyrrole nitrogens is 1. The van der Waals surface area contributed by atoms with Crippen LogP contribution in [0.4, 0.5) is 5.69 Å². The summed E-state index contributed by atoms with van der Waals surface area (Å²) in [5.41, 5.74) is 1.16. The third-order valence-electron chi connectivity index (χ3n) is 3.94. The highest BCUT2D eigenvalue weighted by molar-refractivity contribution is 7.08. The molecule has 0 saturated carbocycles. The van der Waals surface area contributed by atoms with Gasteiger partial charge in [0.1, 0.15) is 5.01 Å². The van der Waals surface area contributed by atoms with Gasteiger partial charge in [0.2, 0.25) is 0 Å². The van der Waals surface area contributed by atoms with E-state index in [4.69, 9.17) is 4.74 Å². The predicted molar refractivity (Wildman–Crippen MR) is 92.1 cm³/mol. The van der Waals surface area contributed by atoms with Gasteiger partial charge in [-0.1, -0.05) is 29.5 Å². The molecule has 1 N–H and O–H groups in total. The van der Waals surface area contributed by atoms with E-state index in [-0.39, 0.29) is 4.87 Å². The largest absolute Gasteiger partial charge is 0.379 e. The number of anilines is 1. The molecule has 1 aromatic carbocycles. The summed E-state index contributed by atoms with van der Waals surface area (Å²) in [6.45, 7) is 6.39. The molecule has 1 fully saturated rings. The van der Waals surface area contributed by atoms with Crippen molar-refractivity contribution in [3.05, 3.63) is 45.0 Å². The fraction of sp³-hybridized carbons (Fsp3) is 0.500. The molecule has 6 nitrogen and oxygen atoms in total. The highest BCUT2D eigenvalue weighted by Gasteiger charge is 2.13. The zero-order chi connectivity index (χ0) is 15.9. The molecular formula is C16H22N4O2S. The number of benzene rings is 1. The van der Waals surface area contributed by atoms with E-state index in [1.54, 1.807) is 0 Å². The second-order valence-electron chi connectivity index (χ2n) is 5.57. The van der Waals surface area contributed by atoms with Crippen molar-refractivity contribution >= 4 is 17.0 Å². The summed E-state index contributed by atoms with van der Waals surface area (Å²) >= 11 is 1.18. The number of hydrogen-bond acceptors (Lipinski definition) is 6. The van der Waals surface area contributed by atoms with Crippen molar-refractivity contribution in [3.8, 4) is 0 Å². The molecule has 124 valence electrons. The minimum Gasteiger partial charge on any atom is -0.379 e. The molecule has 1 aliphatic rings. The second kappa shape index (κ2) is 8.24. The predicted octanol–water partition coefficient (Wildman–Crippen LogP) is 1.56. The van der Waals surface area contributed by atoms with Gasteiger partial charge in [0, 0.05) is 31.9 Å². The van der Waals surface area contributed by atoms with Crippen LogP contribution < -0.4 is 9.77 Å². The minimum absolute atomic E-state index is 0.0960. The molecule has 0 bridgehead atoms. The molecule has 0 atom stereocenters. The molecular weight excluding hydrogens is 312 g/mol. The fourth-order valence-corrected chi connectivity index (χ4v) is 3.36. The van der Waals surface area contributed by atoms with Gasteiger partial charge < -0.3 is 9.64 Å². The molecule has 0 spiro atoms. The molecule has 0 amide bonds. The number of nitrogens with one attached hydrogen (secondary N) is 1. The maximum Gasteiger partial charge on any atom is 0.322 e. The van der Waals surface area contributed by atoms with Crippen molar-refractivity contribution in [2.24, 2.45) is 0 Å². The summed E-state index contributed by atoms with van der Waals surface area (Å²) in [5, 5.41) is 7.41. The Bertz CT molecular complexity index is 637. The number of nitrogens with zero attached hydrogens (tertiary/aromatic N) is 3. The standard InChI is InChI=1S/C16H22N4O2S/c21-16-18-17-15(23-16)13-20(14-5-2-1-3-6-14)8-4-7-19-9-11-22-12-10-19/h1-3,5-6H,4,7-13H2,(H,18,21). The number of rotatable bonds is 7. The highest BCUT2D eigenvalue weighted by Crippen LogP contribution is 2.17. The SMILES string of the molecule is O=c1[nH]nc(CN(CCCN2CCOCC2)c2ccccc2)s1. The van der Waals surface area contributed by atoms with E-state index in [0.29, 0.717) is 6.54 Å². The first-order valence-electron chi connectivity index (χ1n) is 7.96. The number of aromatic nitrogens is 2. The molecule has 0 unspecified atom stereocenters. The van der Waals surface area contributed by atoms with Crippen molar-refractivity contribution < 1.29 is 4.74 Å². The summed E-state index contributed by atoms with van der Waals surface area (Å²) in [5.74, 6) is 0. The van der Waals surface area contributed by atoms with Gasteiger partial charge in [-0.3, -0.25) is 9.69 Å². The van der Waals surface area contributed by atoms with E-state index < -0.39 is 0 Å². The first kappa shape index (κ1) is 16.2. The summed E-state index contributed by atoms with van der Waals surface area (Å²) < 4.78 is 5.39. The van der Waals surface area contributed by atoms with Gasteiger partial charge in [-0.15, -0.1) is 0 Å². The van der Waals surface area contributed by atoms with Gasteiger partial charge in [0.05, 0.1) is 19.8 Å². The smallest absolute Gasteiger partial charge is 0.322 e. The monoisotopic (exact) mass is 334 g/mol. The van der Waals surface area contributed by atoms with Crippen LogP contribution in [0.1, 0.15) is 11.4 Å². The quantitative estimate of drug-likeness (QED) is 0.833. The van der Waals surface area contributed by atoms with Crippen molar-refractivity contribution in [1.29, 1.82) is 0 Å². The van der Waals surface area contributed by atoms with Crippen molar-refractivity contribution in [1.82, 2.24) is 15.1 Å². The van der Waals surface area contributed by atoms with Crippen LogP contribution in [0.3, 0.4) is 0 Å². The third kappa shape index (κ3) is 4.89. The molecule has 23 heavy (non-hydrogen) atoms. The number of aromatic amines is 1.